The number of carbonyl (C=O) groups excluding carboxylic acids is 2. The van der Waals surface area contributed by atoms with Crippen molar-refractivity contribution in [3.05, 3.63) is 0 Å². The van der Waals surface area contributed by atoms with Gasteiger partial charge in [-0.3, -0.25) is 9.59 Å². The fraction of sp³-hybridized carbons (Fsp3) is 0.786. The quantitative estimate of drug-likeness (QED) is 0.755. The monoisotopic (exact) mass is 278 g/mol. The lowest BCUT2D eigenvalue weighted by molar-refractivity contribution is -0.133. The maximum atomic E-state index is 12.3. The van der Waals surface area contributed by atoms with Gasteiger partial charge in [0.2, 0.25) is 11.8 Å². The zero-order chi connectivity index (χ0) is 14.9. The molecule has 4 unspecified atom stereocenters. The van der Waals surface area contributed by atoms with Gasteiger partial charge in [0, 0.05) is 18.5 Å². The number of amides is 2. The molecule has 110 valence electrons. The Labute approximate surface area is 119 Å². The van der Waals surface area contributed by atoms with Crippen LogP contribution in [-0.2, 0) is 9.59 Å². The van der Waals surface area contributed by atoms with E-state index < -0.39 is 6.04 Å². The van der Waals surface area contributed by atoms with Crippen molar-refractivity contribution < 1.29 is 9.59 Å². The Hall–Kier alpha value is -1.61. The van der Waals surface area contributed by atoms with Crippen molar-refractivity contribution in [3.8, 4) is 6.07 Å². The third kappa shape index (κ3) is 2.93. The Balaban J connectivity index is 1.90. The minimum atomic E-state index is -0.660. The van der Waals surface area contributed by atoms with Gasteiger partial charge in [0.05, 0.1) is 12.1 Å². The molecule has 0 aromatic heterocycles. The van der Waals surface area contributed by atoms with Crippen LogP contribution in [-0.4, -0.2) is 41.4 Å². The standard InChI is InChI=1S/C14H22N4O2/c1-8(2)17-13(19)11-6-10(11)12(16)14(20)18-5-3-4-9(18)7-15/h8-12H,3-6,16H2,1-2H3,(H,17,19). The molecular formula is C14H22N4O2. The summed E-state index contributed by atoms with van der Waals surface area (Å²) in [6, 6.07) is 1.22. The number of hydrogen-bond acceptors (Lipinski definition) is 4. The van der Waals surface area contributed by atoms with E-state index in [1.807, 2.05) is 13.8 Å². The van der Waals surface area contributed by atoms with Crippen molar-refractivity contribution >= 4 is 11.8 Å². The van der Waals surface area contributed by atoms with Gasteiger partial charge in [-0.1, -0.05) is 0 Å². The highest BCUT2D eigenvalue weighted by molar-refractivity contribution is 5.87. The molecule has 1 heterocycles. The van der Waals surface area contributed by atoms with Gasteiger partial charge in [-0.25, -0.2) is 0 Å². The van der Waals surface area contributed by atoms with Crippen LogP contribution in [0.4, 0.5) is 0 Å². The number of rotatable bonds is 4. The molecule has 0 bridgehead atoms. The predicted molar refractivity (Wildman–Crippen MR) is 73.2 cm³/mol. The predicted octanol–water partition coefficient (Wildman–Crippen LogP) is -0.0110. The van der Waals surface area contributed by atoms with Crippen LogP contribution in [0.1, 0.15) is 33.1 Å². The summed E-state index contributed by atoms with van der Waals surface area (Å²) in [5.74, 6) is -0.439. The lowest BCUT2D eigenvalue weighted by Gasteiger charge is -2.23. The van der Waals surface area contributed by atoms with E-state index in [0.717, 1.165) is 12.8 Å². The van der Waals surface area contributed by atoms with Crippen molar-refractivity contribution in [2.45, 2.75) is 51.2 Å². The summed E-state index contributed by atoms with van der Waals surface area (Å²) in [6.07, 6.45) is 2.23. The van der Waals surface area contributed by atoms with Gasteiger partial charge in [-0.15, -0.1) is 0 Å². The second-order valence-corrected chi connectivity index (χ2v) is 6.01. The summed E-state index contributed by atoms with van der Waals surface area (Å²) in [5.41, 5.74) is 6.00. The van der Waals surface area contributed by atoms with E-state index in [0.29, 0.717) is 13.0 Å². The van der Waals surface area contributed by atoms with Crippen LogP contribution in [0.15, 0.2) is 0 Å². The molecule has 2 fully saturated rings. The van der Waals surface area contributed by atoms with Crippen LogP contribution in [0.5, 0.6) is 0 Å². The molecule has 0 spiro atoms. The molecule has 4 atom stereocenters. The Morgan fingerprint density at radius 3 is 2.75 bits per heavy atom. The molecule has 6 heteroatoms. The molecule has 6 nitrogen and oxygen atoms in total. The SMILES string of the molecule is CC(C)NC(=O)C1CC1C(N)C(=O)N1CCCC1C#N. The summed E-state index contributed by atoms with van der Waals surface area (Å²) < 4.78 is 0. The average Bonchev–Trinajstić information content (AvgIpc) is 3.06. The number of nitrogens with one attached hydrogen (secondary N) is 1. The Morgan fingerprint density at radius 2 is 2.15 bits per heavy atom. The third-order valence-electron chi connectivity index (χ3n) is 4.04. The molecule has 2 amide bonds. The van der Waals surface area contributed by atoms with Gasteiger partial charge in [-0.2, -0.15) is 5.26 Å². The van der Waals surface area contributed by atoms with E-state index in [1.165, 1.54) is 0 Å². The first-order chi connectivity index (χ1) is 9.45. The summed E-state index contributed by atoms with van der Waals surface area (Å²) in [7, 11) is 0. The van der Waals surface area contributed by atoms with E-state index in [-0.39, 0.29) is 35.7 Å². The van der Waals surface area contributed by atoms with Crippen LogP contribution in [0.3, 0.4) is 0 Å². The zero-order valence-electron chi connectivity index (χ0n) is 12.0. The van der Waals surface area contributed by atoms with Crippen molar-refractivity contribution in [1.82, 2.24) is 10.2 Å². The van der Waals surface area contributed by atoms with Crippen molar-refractivity contribution in [3.63, 3.8) is 0 Å². The summed E-state index contributed by atoms with van der Waals surface area (Å²) in [5, 5.41) is 11.9. The molecule has 20 heavy (non-hydrogen) atoms. The van der Waals surface area contributed by atoms with E-state index in [9.17, 15) is 9.59 Å². The normalized spacial score (nSPS) is 29.9. The Bertz CT molecular complexity index is 443. The van der Waals surface area contributed by atoms with Crippen molar-refractivity contribution in [1.29, 1.82) is 5.26 Å². The number of nitrogens with zero attached hydrogens (tertiary/aromatic N) is 2. The number of nitrogens with two attached hydrogens (primary N) is 1. The van der Waals surface area contributed by atoms with Gasteiger partial charge >= 0.3 is 0 Å². The molecule has 1 aliphatic heterocycles. The molecule has 0 radical (unpaired) electrons. The topological polar surface area (TPSA) is 99.2 Å². The van der Waals surface area contributed by atoms with Crippen molar-refractivity contribution in [2.24, 2.45) is 17.6 Å². The second-order valence-electron chi connectivity index (χ2n) is 6.01. The highest BCUT2D eigenvalue weighted by Gasteiger charge is 2.50. The number of carbonyl (C=O) groups is 2. The van der Waals surface area contributed by atoms with Crippen LogP contribution < -0.4 is 11.1 Å². The summed E-state index contributed by atoms with van der Waals surface area (Å²) in [4.78, 5) is 25.7. The van der Waals surface area contributed by atoms with Gasteiger partial charge in [0.15, 0.2) is 0 Å². The molecule has 1 saturated carbocycles. The fourth-order valence-electron chi connectivity index (χ4n) is 2.84. The molecule has 2 aliphatic rings. The maximum absolute atomic E-state index is 12.3. The maximum Gasteiger partial charge on any atom is 0.240 e. The van der Waals surface area contributed by atoms with E-state index in [1.54, 1.807) is 4.90 Å². The van der Waals surface area contributed by atoms with Crippen LogP contribution in [0.2, 0.25) is 0 Å². The highest BCUT2D eigenvalue weighted by Crippen LogP contribution is 2.41. The molecule has 2 rings (SSSR count). The van der Waals surface area contributed by atoms with E-state index in [2.05, 4.69) is 11.4 Å². The minimum Gasteiger partial charge on any atom is -0.354 e. The molecule has 3 N–H and O–H groups in total. The smallest absolute Gasteiger partial charge is 0.240 e. The van der Waals surface area contributed by atoms with Gasteiger partial charge < -0.3 is 16.0 Å². The first-order valence-electron chi connectivity index (χ1n) is 7.21. The Kier molecular flexibility index (Phi) is 4.29. The highest BCUT2D eigenvalue weighted by atomic mass is 16.2. The van der Waals surface area contributed by atoms with E-state index >= 15 is 0 Å². The number of hydrogen-bond donors (Lipinski definition) is 2. The first-order valence-corrected chi connectivity index (χ1v) is 7.21. The lowest BCUT2D eigenvalue weighted by Crippen LogP contribution is -2.47. The minimum absolute atomic E-state index is 0.0218. The van der Waals surface area contributed by atoms with Gasteiger partial charge in [0.1, 0.15) is 6.04 Å². The van der Waals surface area contributed by atoms with E-state index in [4.69, 9.17) is 11.0 Å². The summed E-state index contributed by atoms with van der Waals surface area (Å²) in [6.45, 7) is 4.41. The molecule has 1 saturated heterocycles. The second kappa shape index (κ2) is 5.80. The van der Waals surface area contributed by atoms with Crippen LogP contribution in [0, 0.1) is 23.2 Å². The lowest BCUT2D eigenvalue weighted by atomic mass is 10.1. The van der Waals surface area contributed by atoms with Gasteiger partial charge in [-0.05, 0) is 39.0 Å². The van der Waals surface area contributed by atoms with Crippen LogP contribution >= 0.6 is 0 Å². The first kappa shape index (κ1) is 14.8. The Morgan fingerprint density at radius 1 is 1.45 bits per heavy atom. The van der Waals surface area contributed by atoms with Gasteiger partial charge in [0.25, 0.3) is 0 Å². The zero-order valence-corrected chi connectivity index (χ0v) is 12.0. The third-order valence-corrected chi connectivity index (χ3v) is 4.04. The molecular weight excluding hydrogens is 256 g/mol. The largest absolute Gasteiger partial charge is 0.354 e. The molecule has 0 aromatic carbocycles. The summed E-state index contributed by atoms with van der Waals surface area (Å²) >= 11 is 0. The van der Waals surface area contributed by atoms with Crippen molar-refractivity contribution in [2.75, 3.05) is 6.54 Å². The van der Waals surface area contributed by atoms with Crippen LogP contribution in [0.25, 0.3) is 0 Å². The fourth-order valence-corrected chi connectivity index (χ4v) is 2.84. The number of likely N-dealkylation sites (tertiary alicyclic amines) is 1. The molecule has 1 aliphatic carbocycles. The number of nitriles is 1. The molecule has 0 aromatic rings. The average molecular weight is 278 g/mol.